The molecule has 2 heteroatoms. The molecule has 0 bridgehead atoms. The van der Waals surface area contributed by atoms with Gasteiger partial charge in [0.05, 0.1) is 13.2 Å². The molecule has 1 radical (unpaired) electrons. The summed E-state index contributed by atoms with van der Waals surface area (Å²) in [5, 5.41) is 0. The lowest BCUT2D eigenvalue weighted by Gasteiger charge is -2.25. The van der Waals surface area contributed by atoms with Gasteiger partial charge in [-0.25, -0.2) is 0 Å². The number of ether oxygens (including phenoxy) is 1. The number of hydrogen-bond acceptors (Lipinski definition) is 2. The van der Waals surface area contributed by atoms with E-state index in [4.69, 9.17) is 4.74 Å². The Morgan fingerprint density at radius 2 is 2.00 bits per heavy atom. The first-order chi connectivity index (χ1) is 7.45. The maximum atomic E-state index is 5.29. The highest BCUT2D eigenvalue weighted by molar-refractivity contribution is 5.48. The molecule has 1 saturated heterocycles. The van der Waals surface area contributed by atoms with E-state index in [1.807, 2.05) is 12.1 Å². The monoisotopic (exact) mass is 202 g/mol. The van der Waals surface area contributed by atoms with Crippen molar-refractivity contribution in [2.45, 2.75) is 0 Å². The Morgan fingerprint density at radius 3 is 2.73 bits per heavy atom. The van der Waals surface area contributed by atoms with Gasteiger partial charge in [0.25, 0.3) is 0 Å². The van der Waals surface area contributed by atoms with Crippen molar-refractivity contribution in [1.29, 1.82) is 0 Å². The zero-order valence-corrected chi connectivity index (χ0v) is 8.86. The molecule has 1 aromatic carbocycles. The van der Waals surface area contributed by atoms with Crippen LogP contribution in [0.2, 0.25) is 0 Å². The highest BCUT2D eigenvalue weighted by Crippen LogP contribution is 2.02. The molecule has 0 amide bonds. The molecule has 79 valence electrons. The van der Waals surface area contributed by atoms with Crippen molar-refractivity contribution in [3.63, 3.8) is 0 Å². The molecule has 0 unspecified atom stereocenters. The van der Waals surface area contributed by atoms with Gasteiger partial charge in [-0.1, -0.05) is 36.4 Å². The summed E-state index contributed by atoms with van der Waals surface area (Å²) in [5.41, 5.74) is 1.24. The lowest BCUT2D eigenvalue weighted by molar-refractivity contribution is 0.0435. The Kier molecular flexibility index (Phi) is 3.94. The Balaban J connectivity index is 1.79. The highest BCUT2D eigenvalue weighted by Gasteiger charge is 2.07. The van der Waals surface area contributed by atoms with E-state index in [9.17, 15) is 0 Å². The Morgan fingerprint density at radius 1 is 1.27 bits per heavy atom. The summed E-state index contributed by atoms with van der Waals surface area (Å²) in [4.78, 5) is 2.40. The molecule has 0 spiro atoms. The summed E-state index contributed by atoms with van der Waals surface area (Å²) in [7, 11) is 0. The van der Waals surface area contributed by atoms with Crippen LogP contribution < -0.4 is 0 Å². The fourth-order valence-corrected chi connectivity index (χ4v) is 1.63. The normalized spacial score (nSPS) is 18.4. The maximum Gasteiger partial charge on any atom is 0.0594 e. The SMILES string of the molecule is [c]1ccc(C=CCN2CCOCC2)cc1. The van der Waals surface area contributed by atoms with Crippen molar-refractivity contribution in [1.82, 2.24) is 4.90 Å². The van der Waals surface area contributed by atoms with Crippen LogP contribution in [0.4, 0.5) is 0 Å². The van der Waals surface area contributed by atoms with Crippen molar-refractivity contribution < 1.29 is 4.74 Å². The van der Waals surface area contributed by atoms with Gasteiger partial charge >= 0.3 is 0 Å². The summed E-state index contributed by atoms with van der Waals surface area (Å²) in [6, 6.07) is 11.0. The standard InChI is InChI=1S/C13H16NO/c1-2-5-13(6-3-1)7-4-8-14-9-11-15-12-10-14/h2-7H,8-12H2. The van der Waals surface area contributed by atoms with E-state index in [-0.39, 0.29) is 0 Å². The summed E-state index contributed by atoms with van der Waals surface area (Å²) < 4.78 is 5.29. The van der Waals surface area contributed by atoms with Gasteiger partial charge < -0.3 is 4.74 Å². The summed E-state index contributed by atoms with van der Waals surface area (Å²) in [6.45, 7) is 4.85. The van der Waals surface area contributed by atoms with Crippen molar-refractivity contribution in [3.05, 3.63) is 42.0 Å². The van der Waals surface area contributed by atoms with Gasteiger partial charge in [-0.15, -0.1) is 0 Å². The quantitative estimate of drug-likeness (QED) is 0.741. The highest BCUT2D eigenvalue weighted by atomic mass is 16.5. The molecule has 1 heterocycles. The maximum absolute atomic E-state index is 5.29. The molecule has 1 fully saturated rings. The minimum absolute atomic E-state index is 0.869. The summed E-state index contributed by atoms with van der Waals surface area (Å²) in [5.74, 6) is 0. The Labute approximate surface area is 91.2 Å². The average Bonchev–Trinajstić information content (AvgIpc) is 2.32. The molecule has 2 rings (SSSR count). The lowest BCUT2D eigenvalue weighted by Crippen LogP contribution is -2.36. The van der Waals surface area contributed by atoms with E-state index in [1.54, 1.807) is 0 Å². The molecule has 1 aliphatic heterocycles. The van der Waals surface area contributed by atoms with Crippen molar-refractivity contribution in [3.8, 4) is 0 Å². The summed E-state index contributed by atoms with van der Waals surface area (Å²) in [6.07, 6.45) is 4.37. The van der Waals surface area contributed by atoms with Crippen molar-refractivity contribution in [2.24, 2.45) is 0 Å². The van der Waals surface area contributed by atoms with Crippen molar-refractivity contribution in [2.75, 3.05) is 32.8 Å². The number of morpholine rings is 1. The van der Waals surface area contributed by atoms with E-state index in [0.717, 1.165) is 32.8 Å². The number of nitrogens with zero attached hydrogens (tertiary/aromatic N) is 1. The van der Waals surface area contributed by atoms with Gasteiger partial charge in [0, 0.05) is 19.6 Å². The van der Waals surface area contributed by atoms with Crippen LogP contribution in [0.25, 0.3) is 6.08 Å². The fraction of sp³-hybridized carbons (Fsp3) is 0.385. The molecule has 0 aliphatic carbocycles. The van der Waals surface area contributed by atoms with E-state index in [2.05, 4.69) is 35.3 Å². The molecule has 0 saturated carbocycles. The van der Waals surface area contributed by atoms with Crippen LogP contribution in [-0.4, -0.2) is 37.7 Å². The molecule has 0 N–H and O–H groups in total. The Hall–Kier alpha value is -1.12. The number of rotatable bonds is 3. The first kappa shape index (κ1) is 10.4. The van der Waals surface area contributed by atoms with Gasteiger partial charge in [-0.05, 0) is 11.6 Å². The van der Waals surface area contributed by atoms with E-state index in [0.29, 0.717) is 0 Å². The van der Waals surface area contributed by atoms with Crippen LogP contribution in [0.15, 0.2) is 30.3 Å². The lowest BCUT2D eigenvalue weighted by atomic mass is 10.2. The zero-order valence-electron chi connectivity index (χ0n) is 8.86. The summed E-state index contributed by atoms with van der Waals surface area (Å²) >= 11 is 0. The van der Waals surface area contributed by atoms with Crippen molar-refractivity contribution >= 4 is 6.08 Å². The minimum atomic E-state index is 0.869. The molecule has 0 aromatic heterocycles. The molecule has 2 nitrogen and oxygen atoms in total. The molecule has 0 atom stereocenters. The van der Waals surface area contributed by atoms with Gasteiger partial charge in [-0.2, -0.15) is 0 Å². The molecule has 15 heavy (non-hydrogen) atoms. The van der Waals surface area contributed by atoms with E-state index < -0.39 is 0 Å². The second-order valence-corrected chi connectivity index (χ2v) is 3.65. The number of hydrogen-bond donors (Lipinski definition) is 0. The van der Waals surface area contributed by atoms with E-state index >= 15 is 0 Å². The first-order valence-electron chi connectivity index (χ1n) is 5.38. The molecular weight excluding hydrogens is 186 g/mol. The molecule has 1 aromatic rings. The van der Waals surface area contributed by atoms with Crippen LogP contribution >= 0.6 is 0 Å². The van der Waals surface area contributed by atoms with Crippen LogP contribution in [0, 0.1) is 6.07 Å². The van der Waals surface area contributed by atoms with Gasteiger partial charge in [0.15, 0.2) is 0 Å². The topological polar surface area (TPSA) is 12.5 Å². The van der Waals surface area contributed by atoms with Crippen LogP contribution in [0.3, 0.4) is 0 Å². The largest absolute Gasteiger partial charge is 0.379 e. The third kappa shape index (κ3) is 3.50. The third-order valence-corrected chi connectivity index (χ3v) is 2.52. The second kappa shape index (κ2) is 5.69. The first-order valence-corrected chi connectivity index (χ1v) is 5.38. The van der Waals surface area contributed by atoms with Crippen LogP contribution in [0.5, 0.6) is 0 Å². The molecule has 1 aliphatic rings. The van der Waals surface area contributed by atoms with E-state index in [1.165, 1.54) is 5.56 Å². The Bertz CT molecular complexity index is 302. The van der Waals surface area contributed by atoms with Crippen LogP contribution in [-0.2, 0) is 4.74 Å². The fourth-order valence-electron chi connectivity index (χ4n) is 1.63. The second-order valence-electron chi connectivity index (χ2n) is 3.65. The third-order valence-electron chi connectivity index (χ3n) is 2.52. The minimum Gasteiger partial charge on any atom is -0.379 e. The molecular formula is C13H16NO. The average molecular weight is 202 g/mol. The van der Waals surface area contributed by atoms with Gasteiger partial charge in [0.2, 0.25) is 0 Å². The van der Waals surface area contributed by atoms with Gasteiger partial charge in [-0.3, -0.25) is 4.90 Å². The number of benzene rings is 1. The zero-order chi connectivity index (χ0) is 10.3. The smallest absolute Gasteiger partial charge is 0.0594 e. The predicted molar refractivity (Wildman–Crippen MR) is 61.6 cm³/mol. The predicted octanol–water partition coefficient (Wildman–Crippen LogP) is 1.83. The van der Waals surface area contributed by atoms with Crippen LogP contribution in [0.1, 0.15) is 5.56 Å². The van der Waals surface area contributed by atoms with Gasteiger partial charge in [0.1, 0.15) is 0 Å².